The lowest BCUT2D eigenvalue weighted by atomic mass is 10.3. The number of pyridine rings is 1. The lowest BCUT2D eigenvalue weighted by molar-refractivity contribution is 0.596. The summed E-state index contributed by atoms with van der Waals surface area (Å²) in [5.74, 6) is 0.323. The molecule has 0 fully saturated rings. The van der Waals surface area contributed by atoms with Crippen LogP contribution < -0.4 is 5.73 Å². The van der Waals surface area contributed by atoms with Crippen molar-refractivity contribution in [2.75, 3.05) is 17.7 Å². The fourth-order valence-electron chi connectivity index (χ4n) is 1.63. The third-order valence-corrected chi connectivity index (χ3v) is 3.48. The summed E-state index contributed by atoms with van der Waals surface area (Å²) in [4.78, 5) is 8.39. The molecule has 7 heteroatoms. The van der Waals surface area contributed by atoms with Crippen molar-refractivity contribution in [1.82, 2.24) is 14.5 Å². The van der Waals surface area contributed by atoms with Crippen LogP contribution >= 0.6 is 0 Å². The average molecular weight is 254 g/mol. The number of anilines is 1. The van der Waals surface area contributed by atoms with Crippen LogP contribution in [0.5, 0.6) is 0 Å². The number of nitrogens with zero attached hydrogens (tertiary/aromatic N) is 3. The topological polar surface area (TPSA) is 90.9 Å². The molecule has 92 valence electrons. The van der Waals surface area contributed by atoms with E-state index in [1.165, 1.54) is 6.26 Å². The van der Waals surface area contributed by atoms with Crippen molar-refractivity contribution in [3.05, 3.63) is 17.8 Å². The standard InChI is InChI=1S/C10H14N4O2S/c1-7-3-4-12-9-8(7)13-10(11)14(9)5-6-17(2,15)16/h3-4H,5-6H2,1-2H3,(H2,11,13). The Labute approximate surface area is 99.4 Å². The first-order chi connectivity index (χ1) is 7.88. The molecular formula is C10H14N4O2S. The number of hydrogen-bond acceptors (Lipinski definition) is 5. The molecule has 17 heavy (non-hydrogen) atoms. The molecule has 0 spiro atoms. The van der Waals surface area contributed by atoms with Gasteiger partial charge in [-0.25, -0.2) is 18.4 Å². The van der Waals surface area contributed by atoms with Crippen LogP contribution in [0.4, 0.5) is 5.95 Å². The zero-order valence-corrected chi connectivity index (χ0v) is 10.5. The van der Waals surface area contributed by atoms with Gasteiger partial charge in [-0.1, -0.05) is 0 Å². The maximum atomic E-state index is 11.1. The SMILES string of the molecule is Cc1ccnc2c1nc(N)n2CCS(C)(=O)=O. The molecule has 2 heterocycles. The molecule has 2 N–H and O–H groups in total. The van der Waals surface area contributed by atoms with Gasteiger partial charge in [-0.2, -0.15) is 0 Å². The van der Waals surface area contributed by atoms with Crippen LogP contribution in [0.1, 0.15) is 5.56 Å². The van der Waals surface area contributed by atoms with E-state index in [-0.39, 0.29) is 12.3 Å². The molecule has 0 saturated carbocycles. The number of nitrogen functional groups attached to an aromatic ring is 1. The highest BCUT2D eigenvalue weighted by atomic mass is 32.2. The Morgan fingerprint density at radius 3 is 2.82 bits per heavy atom. The second-order valence-corrected chi connectivity index (χ2v) is 6.31. The van der Waals surface area contributed by atoms with E-state index in [1.54, 1.807) is 10.8 Å². The van der Waals surface area contributed by atoms with Crippen molar-refractivity contribution in [3.63, 3.8) is 0 Å². The third-order valence-electron chi connectivity index (χ3n) is 2.55. The van der Waals surface area contributed by atoms with Crippen LogP contribution in [0.15, 0.2) is 12.3 Å². The Kier molecular flexibility index (Phi) is 2.78. The van der Waals surface area contributed by atoms with Crippen molar-refractivity contribution in [1.29, 1.82) is 0 Å². The molecule has 2 rings (SSSR count). The van der Waals surface area contributed by atoms with Gasteiger partial charge in [-0.3, -0.25) is 4.57 Å². The lowest BCUT2D eigenvalue weighted by Crippen LogP contribution is -2.13. The van der Waals surface area contributed by atoms with Gasteiger partial charge in [0.2, 0.25) is 5.95 Å². The first-order valence-electron chi connectivity index (χ1n) is 5.13. The molecule has 2 aromatic heterocycles. The van der Waals surface area contributed by atoms with Crippen molar-refractivity contribution >= 4 is 26.9 Å². The van der Waals surface area contributed by atoms with Crippen LogP contribution in [0.2, 0.25) is 0 Å². The van der Waals surface area contributed by atoms with E-state index in [4.69, 9.17) is 5.73 Å². The summed E-state index contributed by atoms with van der Waals surface area (Å²) in [6, 6.07) is 1.84. The molecule has 0 aliphatic heterocycles. The normalized spacial score (nSPS) is 12.1. The number of fused-ring (bicyclic) bond motifs is 1. The monoisotopic (exact) mass is 254 g/mol. The Morgan fingerprint density at radius 1 is 1.47 bits per heavy atom. The summed E-state index contributed by atoms with van der Waals surface area (Å²) >= 11 is 0. The van der Waals surface area contributed by atoms with Gasteiger partial charge in [0.1, 0.15) is 15.4 Å². The second kappa shape index (κ2) is 3.99. The minimum absolute atomic E-state index is 0.0261. The van der Waals surface area contributed by atoms with Gasteiger partial charge < -0.3 is 5.73 Å². The molecule has 6 nitrogen and oxygen atoms in total. The molecule has 0 radical (unpaired) electrons. The number of nitrogens with two attached hydrogens (primary N) is 1. The summed E-state index contributed by atoms with van der Waals surface area (Å²) in [7, 11) is -3.03. The summed E-state index contributed by atoms with van der Waals surface area (Å²) < 4.78 is 23.9. The Balaban J connectivity index is 2.47. The summed E-state index contributed by atoms with van der Waals surface area (Å²) in [5.41, 5.74) is 8.09. The average Bonchev–Trinajstić information content (AvgIpc) is 2.52. The molecule has 0 aromatic carbocycles. The van der Waals surface area contributed by atoms with Gasteiger partial charge in [-0.05, 0) is 18.6 Å². The molecule has 0 unspecified atom stereocenters. The maximum Gasteiger partial charge on any atom is 0.202 e. The maximum absolute atomic E-state index is 11.1. The van der Waals surface area contributed by atoms with Crippen LogP contribution in [0.25, 0.3) is 11.2 Å². The minimum Gasteiger partial charge on any atom is -0.369 e. The highest BCUT2D eigenvalue weighted by Crippen LogP contribution is 2.18. The van der Waals surface area contributed by atoms with Crippen LogP contribution in [0.3, 0.4) is 0 Å². The van der Waals surface area contributed by atoms with E-state index in [0.717, 1.165) is 11.1 Å². The largest absolute Gasteiger partial charge is 0.369 e. The van der Waals surface area contributed by atoms with Gasteiger partial charge in [-0.15, -0.1) is 0 Å². The van der Waals surface area contributed by atoms with Crippen LogP contribution in [0, 0.1) is 6.92 Å². The number of aromatic nitrogens is 3. The molecule has 0 saturated heterocycles. The van der Waals surface area contributed by atoms with E-state index in [1.807, 2.05) is 13.0 Å². The number of sulfone groups is 1. The van der Waals surface area contributed by atoms with Crippen molar-refractivity contribution < 1.29 is 8.42 Å². The van der Waals surface area contributed by atoms with Crippen molar-refractivity contribution in [2.45, 2.75) is 13.5 Å². The Hall–Kier alpha value is -1.63. The molecule has 2 aromatic rings. The summed E-state index contributed by atoms with van der Waals surface area (Å²) in [6.45, 7) is 2.19. The van der Waals surface area contributed by atoms with Gasteiger partial charge >= 0.3 is 0 Å². The highest BCUT2D eigenvalue weighted by Gasteiger charge is 2.12. The number of imidazole rings is 1. The molecular weight excluding hydrogens is 240 g/mol. The quantitative estimate of drug-likeness (QED) is 0.854. The Bertz CT molecular complexity index is 660. The Morgan fingerprint density at radius 2 is 2.18 bits per heavy atom. The van der Waals surface area contributed by atoms with Gasteiger partial charge in [0.25, 0.3) is 0 Å². The third kappa shape index (κ3) is 2.38. The lowest BCUT2D eigenvalue weighted by Gasteiger charge is -2.04. The van der Waals surface area contributed by atoms with E-state index in [2.05, 4.69) is 9.97 Å². The smallest absolute Gasteiger partial charge is 0.202 e. The fraction of sp³-hybridized carbons (Fsp3) is 0.400. The van der Waals surface area contributed by atoms with Crippen LogP contribution in [-0.2, 0) is 16.4 Å². The van der Waals surface area contributed by atoms with E-state index >= 15 is 0 Å². The number of rotatable bonds is 3. The van der Waals surface area contributed by atoms with Crippen molar-refractivity contribution in [3.8, 4) is 0 Å². The zero-order valence-electron chi connectivity index (χ0n) is 9.71. The fourth-order valence-corrected chi connectivity index (χ4v) is 2.15. The van der Waals surface area contributed by atoms with Gasteiger partial charge in [0, 0.05) is 19.0 Å². The highest BCUT2D eigenvalue weighted by molar-refractivity contribution is 7.90. The molecule has 0 atom stereocenters. The molecule has 0 aliphatic carbocycles. The molecule has 0 amide bonds. The van der Waals surface area contributed by atoms with E-state index in [0.29, 0.717) is 11.6 Å². The summed E-state index contributed by atoms with van der Waals surface area (Å²) in [6.07, 6.45) is 2.86. The predicted molar refractivity (Wildman–Crippen MR) is 66.4 cm³/mol. The van der Waals surface area contributed by atoms with Gasteiger partial charge in [0.05, 0.1) is 5.75 Å². The number of hydrogen-bond donors (Lipinski definition) is 1. The predicted octanol–water partition coefficient (Wildman–Crippen LogP) is 0.367. The van der Waals surface area contributed by atoms with E-state index < -0.39 is 9.84 Å². The second-order valence-electron chi connectivity index (χ2n) is 4.05. The first kappa shape index (κ1) is 11.8. The molecule has 0 aliphatic rings. The summed E-state index contributed by atoms with van der Waals surface area (Å²) in [5, 5.41) is 0. The number of aryl methyl sites for hydroxylation is 2. The zero-order chi connectivity index (χ0) is 12.6. The van der Waals surface area contributed by atoms with Crippen molar-refractivity contribution in [2.24, 2.45) is 0 Å². The van der Waals surface area contributed by atoms with Crippen LogP contribution in [-0.4, -0.2) is 35.0 Å². The van der Waals surface area contributed by atoms with E-state index in [9.17, 15) is 8.42 Å². The molecule has 0 bridgehead atoms. The van der Waals surface area contributed by atoms with Gasteiger partial charge in [0.15, 0.2) is 5.65 Å². The first-order valence-corrected chi connectivity index (χ1v) is 7.19. The minimum atomic E-state index is -3.03.